The number of esters is 1. The molecule has 6 heteroatoms. The highest BCUT2D eigenvalue weighted by molar-refractivity contribution is 7.92. The Morgan fingerprint density at radius 3 is 2.27 bits per heavy atom. The molecule has 0 atom stereocenters. The molecule has 3 aromatic rings. The molecule has 0 amide bonds. The summed E-state index contributed by atoms with van der Waals surface area (Å²) in [6.07, 6.45) is 1.64. The minimum absolute atomic E-state index is 0.0631. The maximum absolute atomic E-state index is 13.2. The SMILES string of the molecule is CC(C)(C)c1ccc(COC(=O)c2ccc(S(=O)(=O)N3CCCc4ccccc43)cc2)cc1. The first kappa shape index (κ1) is 23.1. The van der Waals surface area contributed by atoms with Gasteiger partial charge in [-0.05, 0) is 65.3 Å². The number of benzene rings is 3. The van der Waals surface area contributed by atoms with Crippen LogP contribution in [0.1, 0.15) is 54.2 Å². The number of ether oxygens (including phenoxy) is 1. The number of sulfonamides is 1. The lowest BCUT2D eigenvalue weighted by molar-refractivity contribution is 0.0472. The van der Waals surface area contributed by atoms with E-state index in [9.17, 15) is 13.2 Å². The van der Waals surface area contributed by atoms with E-state index in [1.54, 1.807) is 0 Å². The van der Waals surface area contributed by atoms with Gasteiger partial charge in [0.2, 0.25) is 0 Å². The van der Waals surface area contributed by atoms with Gasteiger partial charge in [-0.3, -0.25) is 4.31 Å². The minimum atomic E-state index is -3.71. The first-order valence-electron chi connectivity index (χ1n) is 11.1. The van der Waals surface area contributed by atoms with Gasteiger partial charge in [-0.25, -0.2) is 13.2 Å². The Hall–Kier alpha value is -3.12. The second kappa shape index (κ2) is 9.02. The molecule has 172 valence electrons. The molecule has 0 unspecified atom stereocenters. The van der Waals surface area contributed by atoms with Gasteiger partial charge in [0.05, 0.1) is 16.1 Å². The molecule has 4 rings (SSSR count). The lowest BCUT2D eigenvalue weighted by Crippen LogP contribution is -2.35. The highest BCUT2D eigenvalue weighted by Crippen LogP contribution is 2.32. The predicted molar refractivity (Wildman–Crippen MR) is 130 cm³/mol. The fourth-order valence-electron chi connectivity index (χ4n) is 3.97. The maximum Gasteiger partial charge on any atom is 0.338 e. The van der Waals surface area contributed by atoms with Crippen LogP contribution in [0.4, 0.5) is 5.69 Å². The number of hydrogen-bond acceptors (Lipinski definition) is 4. The van der Waals surface area contributed by atoms with Crippen molar-refractivity contribution >= 4 is 21.7 Å². The van der Waals surface area contributed by atoms with Crippen molar-refractivity contribution in [2.75, 3.05) is 10.8 Å². The van der Waals surface area contributed by atoms with Crippen LogP contribution in [0.3, 0.4) is 0 Å². The van der Waals surface area contributed by atoms with E-state index in [4.69, 9.17) is 4.74 Å². The Kier molecular flexibility index (Phi) is 6.30. The van der Waals surface area contributed by atoms with Gasteiger partial charge in [0, 0.05) is 6.54 Å². The van der Waals surface area contributed by atoms with Crippen molar-refractivity contribution in [3.8, 4) is 0 Å². The number of para-hydroxylation sites is 1. The summed E-state index contributed by atoms with van der Waals surface area (Å²) in [4.78, 5) is 12.6. The zero-order valence-electron chi connectivity index (χ0n) is 19.2. The van der Waals surface area contributed by atoms with E-state index in [-0.39, 0.29) is 16.9 Å². The predicted octanol–water partition coefficient (Wildman–Crippen LogP) is 5.48. The third kappa shape index (κ3) is 4.96. The first-order valence-corrected chi connectivity index (χ1v) is 12.6. The number of rotatable bonds is 5. The van der Waals surface area contributed by atoms with E-state index in [0.717, 1.165) is 29.7 Å². The Morgan fingerprint density at radius 2 is 1.61 bits per heavy atom. The van der Waals surface area contributed by atoms with Gasteiger partial charge in [0.15, 0.2) is 0 Å². The molecule has 0 fully saturated rings. The fraction of sp³-hybridized carbons (Fsp3) is 0.296. The molecule has 0 spiro atoms. The molecular formula is C27H29NO4S. The molecular weight excluding hydrogens is 434 g/mol. The van der Waals surface area contributed by atoms with E-state index in [0.29, 0.717) is 12.1 Å². The monoisotopic (exact) mass is 463 g/mol. The van der Waals surface area contributed by atoms with Crippen LogP contribution in [0.25, 0.3) is 0 Å². The van der Waals surface area contributed by atoms with E-state index >= 15 is 0 Å². The van der Waals surface area contributed by atoms with Crippen LogP contribution in [0, 0.1) is 0 Å². The quantitative estimate of drug-likeness (QED) is 0.470. The largest absolute Gasteiger partial charge is 0.457 e. The van der Waals surface area contributed by atoms with Gasteiger partial charge >= 0.3 is 5.97 Å². The smallest absolute Gasteiger partial charge is 0.338 e. The normalized spacial score (nSPS) is 14.0. The second-order valence-electron chi connectivity index (χ2n) is 9.36. The Morgan fingerprint density at radius 1 is 0.939 bits per heavy atom. The van der Waals surface area contributed by atoms with Crippen molar-refractivity contribution in [3.05, 3.63) is 95.1 Å². The van der Waals surface area contributed by atoms with Crippen molar-refractivity contribution in [2.24, 2.45) is 0 Å². The fourth-order valence-corrected chi connectivity index (χ4v) is 5.51. The van der Waals surface area contributed by atoms with Crippen LogP contribution in [0.15, 0.2) is 77.7 Å². The summed E-state index contributed by atoms with van der Waals surface area (Å²) in [6, 6.07) is 21.5. The van der Waals surface area contributed by atoms with Crippen LogP contribution in [-0.2, 0) is 33.2 Å². The first-order chi connectivity index (χ1) is 15.7. The number of carbonyl (C=O) groups is 1. The molecule has 0 saturated heterocycles. The summed E-state index contributed by atoms with van der Waals surface area (Å²) < 4.78 is 33.4. The van der Waals surface area contributed by atoms with Crippen LogP contribution >= 0.6 is 0 Å². The number of anilines is 1. The van der Waals surface area contributed by atoms with Gasteiger partial charge in [-0.2, -0.15) is 0 Å². The minimum Gasteiger partial charge on any atom is -0.457 e. The van der Waals surface area contributed by atoms with Gasteiger partial charge < -0.3 is 4.74 Å². The molecule has 33 heavy (non-hydrogen) atoms. The van der Waals surface area contributed by atoms with Gasteiger partial charge in [-0.15, -0.1) is 0 Å². The maximum atomic E-state index is 13.2. The lowest BCUT2D eigenvalue weighted by Gasteiger charge is -2.30. The van der Waals surface area contributed by atoms with Crippen molar-refractivity contribution < 1.29 is 17.9 Å². The molecule has 0 saturated carbocycles. The lowest BCUT2D eigenvalue weighted by atomic mass is 9.87. The number of hydrogen-bond donors (Lipinski definition) is 0. The van der Waals surface area contributed by atoms with Crippen molar-refractivity contribution in [1.29, 1.82) is 0 Å². The third-order valence-corrected chi connectivity index (χ3v) is 7.76. The molecule has 0 N–H and O–H groups in total. The summed E-state index contributed by atoms with van der Waals surface area (Å²) in [5, 5.41) is 0. The number of carbonyl (C=O) groups excluding carboxylic acids is 1. The summed E-state index contributed by atoms with van der Waals surface area (Å²) in [6.45, 7) is 7.05. The number of fused-ring (bicyclic) bond motifs is 1. The Bertz CT molecular complexity index is 1240. The molecule has 1 heterocycles. The molecule has 3 aromatic carbocycles. The van der Waals surface area contributed by atoms with Crippen molar-refractivity contribution in [1.82, 2.24) is 0 Å². The topological polar surface area (TPSA) is 63.7 Å². The van der Waals surface area contributed by atoms with E-state index in [1.165, 1.54) is 34.1 Å². The van der Waals surface area contributed by atoms with E-state index in [2.05, 4.69) is 20.8 Å². The zero-order valence-corrected chi connectivity index (χ0v) is 20.1. The molecule has 0 bridgehead atoms. The van der Waals surface area contributed by atoms with Crippen molar-refractivity contribution in [2.45, 2.75) is 50.5 Å². The highest BCUT2D eigenvalue weighted by atomic mass is 32.2. The van der Waals surface area contributed by atoms with E-state index in [1.807, 2.05) is 48.5 Å². The second-order valence-corrected chi connectivity index (χ2v) is 11.2. The van der Waals surface area contributed by atoms with Crippen LogP contribution in [0.5, 0.6) is 0 Å². The van der Waals surface area contributed by atoms with Gasteiger partial charge in [0.1, 0.15) is 6.61 Å². The Balaban J connectivity index is 1.44. The average Bonchev–Trinajstić information content (AvgIpc) is 2.82. The van der Waals surface area contributed by atoms with E-state index < -0.39 is 16.0 Å². The standard InChI is InChI=1S/C27H29NO4S/c1-27(2,3)23-14-10-20(11-15-23)19-32-26(29)22-12-16-24(17-13-22)33(30,31)28-18-6-8-21-7-4-5-9-25(21)28/h4-5,7,9-17H,6,8,18-19H2,1-3H3. The summed E-state index contributed by atoms with van der Waals surface area (Å²) in [7, 11) is -3.71. The Labute approximate surface area is 196 Å². The summed E-state index contributed by atoms with van der Waals surface area (Å²) in [5.74, 6) is -0.484. The number of aryl methyl sites for hydroxylation is 1. The third-order valence-electron chi connectivity index (χ3n) is 5.94. The molecule has 1 aliphatic heterocycles. The average molecular weight is 464 g/mol. The molecule has 5 nitrogen and oxygen atoms in total. The zero-order chi connectivity index (χ0) is 23.6. The molecule has 1 aliphatic rings. The van der Waals surface area contributed by atoms with Crippen LogP contribution in [0.2, 0.25) is 0 Å². The molecule has 0 aromatic heterocycles. The number of nitrogens with zero attached hydrogens (tertiary/aromatic N) is 1. The summed E-state index contributed by atoms with van der Waals surface area (Å²) in [5.41, 5.74) is 4.25. The van der Waals surface area contributed by atoms with Gasteiger partial charge in [-0.1, -0.05) is 63.2 Å². The van der Waals surface area contributed by atoms with Crippen molar-refractivity contribution in [3.63, 3.8) is 0 Å². The van der Waals surface area contributed by atoms with Crippen LogP contribution in [-0.4, -0.2) is 20.9 Å². The highest BCUT2D eigenvalue weighted by Gasteiger charge is 2.29. The molecule has 0 radical (unpaired) electrons. The van der Waals surface area contributed by atoms with Crippen LogP contribution < -0.4 is 4.31 Å². The summed E-state index contributed by atoms with van der Waals surface area (Å²) >= 11 is 0. The molecule has 0 aliphatic carbocycles. The van der Waals surface area contributed by atoms with Gasteiger partial charge in [0.25, 0.3) is 10.0 Å².